The van der Waals surface area contributed by atoms with E-state index < -0.39 is 0 Å². The van der Waals surface area contributed by atoms with Gasteiger partial charge in [0.05, 0.1) is 13.2 Å². The smallest absolute Gasteiger partial charge is 0.239 e. The molecule has 19 heavy (non-hydrogen) atoms. The van der Waals surface area contributed by atoms with E-state index in [4.69, 9.17) is 4.74 Å². The molecule has 0 bridgehead atoms. The summed E-state index contributed by atoms with van der Waals surface area (Å²) in [5.74, 6) is 1.42. The minimum Gasteiger partial charge on any atom is -0.384 e. The monoisotopic (exact) mass is 268 g/mol. The summed E-state index contributed by atoms with van der Waals surface area (Å²) in [7, 11) is 3.49. The molecule has 1 heterocycles. The third kappa shape index (κ3) is 4.38. The lowest BCUT2D eigenvalue weighted by atomic mass is 10.1. The molecule has 2 N–H and O–H groups in total. The van der Waals surface area contributed by atoms with E-state index in [1.165, 1.54) is 0 Å². The topological polar surface area (TPSA) is 66.0 Å². The third-order valence-electron chi connectivity index (χ3n) is 3.55. The van der Waals surface area contributed by atoms with Crippen LogP contribution < -0.4 is 10.6 Å². The Kier molecular flexibility index (Phi) is 5.01. The number of hydrogen-bond donors (Lipinski definition) is 2. The Morgan fingerprint density at radius 1 is 1.42 bits per heavy atom. The summed E-state index contributed by atoms with van der Waals surface area (Å²) >= 11 is 0. The first-order valence-corrected chi connectivity index (χ1v) is 6.96. The minimum absolute atomic E-state index is 0.0521. The Balaban J connectivity index is 1.72. The van der Waals surface area contributed by atoms with Gasteiger partial charge in [0.25, 0.3) is 0 Å². The number of guanidine groups is 1. The number of nitrogens with one attached hydrogen (secondary N) is 2. The number of carbonyl (C=O) groups excluding carboxylic acids is 1. The molecular weight excluding hydrogens is 244 g/mol. The molecule has 1 atom stereocenters. The highest BCUT2D eigenvalue weighted by Gasteiger charge is 2.26. The molecule has 0 aromatic carbocycles. The van der Waals surface area contributed by atoms with Crippen molar-refractivity contribution in [3.63, 3.8) is 0 Å². The first-order chi connectivity index (χ1) is 9.22. The van der Waals surface area contributed by atoms with Crippen molar-refractivity contribution in [1.82, 2.24) is 15.5 Å². The molecule has 1 saturated carbocycles. The number of aliphatic imine (C=N–C) groups is 1. The van der Waals surface area contributed by atoms with Crippen molar-refractivity contribution in [1.29, 1.82) is 0 Å². The average molecular weight is 268 g/mol. The van der Waals surface area contributed by atoms with Gasteiger partial charge in [0.2, 0.25) is 5.91 Å². The molecule has 0 spiro atoms. The fraction of sp³-hybridized carbons (Fsp3) is 0.846. The van der Waals surface area contributed by atoms with Crippen LogP contribution >= 0.6 is 0 Å². The summed E-state index contributed by atoms with van der Waals surface area (Å²) in [6.45, 7) is 3.00. The van der Waals surface area contributed by atoms with Gasteiger partial charge in [-0.05, 0) is 19.3 Å². The summed E-state index contributed by atoms with van der Waals surface area (Å²) in [4.78, 5) is 18.1. The first-order valence-electron chi connectivity index (χ1n) is 6.96. The lowest BCUT2D eigenvalue weighted by Crippen LogP contribution is -2.45. The Morgan fingerprint density at radius 2 is 2.21 bits per heavy atom. The molecule has 108 valence electrons. The van der Waals surface area contributed by atoms with Crippen molar-refractivity contribution in [3.8, 4) is 0 Å². The molecular formula is C13H24N4O2. The lowest BCUT2D eigenvalue weighted by molar-refractivity contribution is -0.120. The Hall–Kier alpha value is -1.30. The number of hydrogen-bond acceptors (Lipinski definition) is 3. The van der Waals surface area contributed by atoms with E-state index in [2.05, 4.69) is 20.5 Å². The van der Waals surface area contributed by atoms with Crippen LogP contribution in [0, 0.1) is 5.92 Å². The molecule has 1 saturated heterocycles. The number of nitrogens with zero attached hydrogens (tertiary/aromatic N) is 2. The molecule has 2 rings (SSSR count). The second-order valence-corrected chi connectivity index (χ2v) is 5.30. The largest absolute Gasteiger partial charge is 0.384 e. The molecule has 1 aliphatic carbocycles. The summed E-state index contributed by atoms with van der Waals surface area (Å²) in [5, 5.41) is 6.09. The van der Waals surface area contributed by atoms with E-state index in [1.54, 1.807) is 14.2 Å². The van der Waals surface area contributed by atoms with E-state index in [0.717, 1.165) is 44.9 Å². The molecule has 0 aromatic rings. The summed E-state index contributed by atoms with van der Waals surface area (Å²) < 4.78 is 5.19. The SMILES string of the molecule is CN=C(NCC(=O)NC1CC1)N1CCC(COC)C1. The fourth-order valence-corrected chi connectivity index (χ4v) is 2.39. The van der Waals surface area contributed by atoms with E-state index >= 15 is 0 Å². The predicted octanol–water partition coefficient (Wildman–Crippen LogP) is -0.191. The highest BCUT2D eigenvalue weighted by molar-refractivity contribution is 5.86. The standard InChI is InChI=1S/C13H24N4O2/c1-14-13(15-7-12(18)16-11-3-4-11)17-6-5-10(8-17)9-19-2/h10-11H,3-9H2,1-2H3,(H,14,15)(H,16,18). The zero-order chi connectivity index (χ0) is 13.7. The number of likely N-dealkylation sites (tertiary alicyclic amines) is 1. The van der Waals surface area contributed by atoms with E-state index in [-0.39, 0.29) is 5.91 Å². The second kappa shape index (κ2) is 6.75. The maximum Gasteiger partial charge on any atom is 0.239 e. The second-order valence-electron chi connectivity index (χ2n) is 5.30. The van der Waals surface area contributed by atoms with Crippen molar-refractivity contribution in [2.45, 2.75) is 25.3 Å². The molecule has 2 aliphatic rings. The fourth-order valence-electron chi connectivity index (χ4n) is 2.39. The van der Waals surface area contributed by atoms with E-state index in [9.17, 15) is 4.79 Å². The molecule has 2 fully saturated rings. The molecule has 1 unspecified atom stereocenters. The molecule has 0 radical (unpaired) electrons. The van der Waals surface area contributed by atoms with Crippen LogP contribution in [0.2, 0.25) is 0 Å². The zero-order valence-electron chi connectivity index (χ0n) is 11.8. The average Bonchev–Trinajstić information content (AvgIpc) is 3.08. The van der Waals surface area contributed by atoms with Gasteiger partial charge in [0, 0.05) is 39.2 Å². The van der Waals surface area contributed by atoms with Crippen molar-refractivity contribution in [2.24, 2.45) is 10.9 Å². The minimum atomic E-state index is 0.0521. The molecule has 6 nitrogen and oxygen atoms in total. The maximum atomic E-state index is 11.6. The van der Waals surface area contributed by atoms with Crippen molar-refractivity contribution in [2.75, 3.05) is 40.4 Å². The number of rotatable bonds is 5. The third-order valence-corrected chi connectivity index (χ3v) is 3.55. The van der Waals surface area contributed by atoms with Gasteiger partial charge in [-0.25, -0.2) is 0 Å². The Morgan fingerprint density at radius 3 is 2.84 bits per heavy atom. The number of ether oxygens (including phenoxy) is 1. The highest BCUT2D eigenvalue weighted by atomic mass is 16.5. The van der Waals surface area contributed by atoms with Crippen LogP contribution in [-0.4, -0.2) is 63.2 Å². The summed E-state index contributed by atoms with van der Waals surface area (Å²) in [6, 6.07) is 0.411. The van der Waals surface area contributed by atoms with Gasteiger partial charge in [0.1, 0.15) is 0 Å². The van der Waals surface area contributed by atoms with Gasteiger partial charge in [-0.15, -0.1) is 0 Å². The number of carbonyl (C=O) groups is 1. The van der Waals surface area contributed by atoms with Crippen LogP contribution in [0.3, 0.4) is 0 Å². The van der Waals surface area contributed by atoms with Crippen LogP contribution in [-0.2, 0) is 9.53 Å². The van der Waals surface area contributed by atoms with Gasteiger partial charge in [-0.3, -0.25) is 9.79 Å². The first kappa shape index (κ1) is 14.1. The van der Waals surface area contributed by atoms with Gasteiger partial charge in [-0.1, -0.05) is 0 Å². The molecule has 1 amide bonds. The Bertz CT molecular complexity index is 342. The van der Waals surface area contributed by atoms with Crippen LogP contribution in [0.1, 0.15) is 19.3 Å². The maximum absolute atomic E-state index is 11.6. The van der Waals surface area contributed by atoms with Crippen LogP contribution in [0.25, 0.3) is 0 Å². The van der Waals surface area contributed by atoms with E-state index in [1.807, 2.05) is 0 Å². The van der Waals surface area contributed by atoms with Gasteiger partial charge in [-0.2, -0.15) is 0 Å². The molecule has 6 heteroatoms. The van der Waals surface area contributed by atoms with Crippen molar-refractivity contribution in [3.05, 3.63) is 0 Å². The van der Waals surface area contributed by atoms with Crippen LogP contribution in [0.4, 0.5) is 0 Å². The highest BCUT2D eigenvalue weighted by Crippen LogP contribution is 2.18. The van der Waals surface area contributed by atoms with Gasteiger partial charge >= 0.3 is 0 Å². The normalized spacial score (nSPS) is 23.6. The predicted molar refractivity (Wildman–Crippen MR) is 74.1 cm³/mol. The summed E-state index contributed by atoms with van der Waals surface area (Å²) in [6.07, 6.45) is 3.35. The summed E-state index contributed by atoms with van der Waals surface area (Å²) in [5.41, 5.74) is 0. The van der Waals surface area contributed by atoms with Gasteiger partial charge < -0.3 is 20.3 Å². The van der Waals surface area contributed by atoms with Crippen molar-refractivity contribution < 1.29 is 9.53 Å². The van der Waals surface area contributed by atoms with E-state index in [0.29, 0.717) is 18.5 Å². The lowest BCUT2D eigenvalue weighted by Gasteiger charge is -2.21. The molecule has 1 aliphatic heterocycles. The van der Waals surface area contributed by atoms with Crippen LogP contribution in [0.5, 0.6) is 0 Å². The van der Waals surface area contributed by atoms with Gasteiger partial charge in [0.15, 0.2) is 5.96 Å². The molecule has 0 aromatic heterocycles. The quantitative estimate of drug-likeness (QED) is 0.536. The number of methoxy groups -OCH3 is 1. The van der Waals surface area contributed by atoms with Crippen molar-refractivity contribution >= 4 is 11.9 Å². The van der Waals surface area contributed by atoms with Crippen LogP contribution in [0.15, 0.2) is 4.99 Å². The Labute approximate surface area is 114 Å². The number of amides is 1. The zero-order valence-corrected chi connectivity index (χ0v) is 11.8.